The minimum Gasteiger partial charge on any atom is -0.166 e. The van der Waals surface area contributed by atoms with E-state index in [1.807, 2.05) is 6.08 Å². The molecule has 2 rings (SSSR count). The molecule has 23 heavy (non-hydrogen) atoms. The van der Waals surface area contributed by atoms with Crippen LogP contribution in [0.1, 0.15) is 56.6 Å². The summed E-state index contributed by atoms with van der Waals surface area (Å²) in [6, 6.07) is 4.98. The van der Waals surface area contributed by atoms with Gasteiger partial charge in [0, 0.05) is 5.56 Å². The van der Waals surface area contributed by atoms with Gasteiger partial charge in [-0.05, 0) is 67.9 Å². The standard InChI is InChI=1S/C20H23F3/c1-2-5-16-8-10-17(11-9-16)6-3-4-7-18-12-14-19(15-13-18)20(21,22)23/h3,6,12-17H,2,5,8-11H2,1H3/t16-,17-. The molecule has 0 nitrogen and oxygen atoms in total. The topological polar surface area (TPSA) is 0 Å². The van der Waals surface area contributed by atoms with Crippen LogP contribution in [0, 0.1) is 23.7 Å². The maximum absolute atomic E-state index is 12.5. The summed E-state index contributed by atoms with van der Waals surface area (Å²) in [4.78, 5) is 0. The van der Waals surface area contributed by atoms with Crippen molar-refractivity contribution in [1.82, 2.24) is 0 Å². The van der Waals surface area contributed by atoms with Gasteiger partial charge in [-0.3, -0.25) is 0 Å². The van der Waals surface area contributed by atoms with Crippen LogP contribution in [-0.2, 0) is 6.18 Å². The Kier molecular flexibility index (Phi) is 6.33. The van der Waals surface area contributed by atoms with Crippen LogP contribution in [0.4, 0.5) is 13.2 Å². The predicted octanol–water partition coefficient (Wildman–Crippen LogP) is 6.22. The van der Waals surface area contributed by atoms with E-state index in [4.69, 9.17) is 0 Å². The molecule has 124 valence electrons. The van der Waals surface area contributed by atoms with E-state index in [0.717, 1.165) is 18.1 Å². The predicted molar refractivity (Wildman–Crippen MR) is 87.8 cm³/mol. The molecule has 0 bridgehead atoms. The van der Waals surface area contributed by atoms with Crippen LogP contribution in [0.3, 0.4) is 0 Å². The molecule has 3 heteroatoms. The van der Waals surface area contributed by atoms with Crippen molar-refractivity contribution >= 4 is 0 Å². The van der Waals surface area contributed by atoms with E-state index in [2.05, 4.69) is 24.8 Å². The van der Waals surface area contributed by atoms with Gasteiger partial charge in [0.15, 0.2) is 0 Å². The third-order valence-electron chi connectivity index (χ3n) is 4.47. The van der Waals surface area contributed by atoms with Crippen molar-refractivity contribution in [2.24, 2.45) is 11.8 Å². The molecule has 0 saturated heterocycles. The minimum atomic E-state index is -4.29. The summed E-state index contributed by atoms with van der Waals surface area (Å²) in [5.41, 5.74) is -0.0308. The van der Waals surface area contributed by atoms with Crippen LogP contribution >= 0.6 is 0 Å². The third-order valence-corrected chi connectivity index (χ3v) is 4.47. The molecule has 0 radical (unpaired) electrons. The quantitative estimate of drug-likeness (QED) is 0.580. The maximum Gasteiger partial charge on any atom is 0.416 e. The van der Waals surface area contributed by atoms with Gasteiger partial charge >= 0.3 is 6.18 Å². The number of benzene rings is 1. The molecule has 0 N–H and O–H groups in total. The Hall–Kier alpha value is -1.69. The second-order valence-electron chi connectivity index (χ2n) is 6.27. The zero-order valence-corrected chi connectivity index (χ0v) is 13.5. The van der Waals surface area contributed by atoms with Crippen LogP contribution in [-0.4, -0.2) is 0 Å². The lowest BCUT2D eigenvalue weighted by molar-refractivity contribution is -0.137. The number of hydrogen-bond acceptors (Lipinski definition) is 0. The first-order valence-electron chi connectivity index (χ1n) is 8.34. The van der Waals surface area contributed by atoms with Gasteiger partial charge in [-0.1, -0.05) is 37.7 Å². The molecule has 1 fully saturated rings. The molecule has 0 spiro atoms. The largest absolute Gasteiger partial charge is 0.416 e. The van der Waals surface area contributed by atoms with E-state index in [-0.39, 0.29) is 0 Å². The molecule has 0 unspecified atom stereocenters. The highest BCUT2D eigenvalue weighted by Gasteiger charge is 2.29. The Morgan fingerprint density at radius 1 is 1.09 bits per heavy atom. The van der Waals surface area contributed by atoms with Crippen molar-refractivity contribution in [2.75, 3.05) is 0 Å². The Balaban J connectivity index is 1.84. The van der Waals surface area contributed by atoms with Gasteiger partial charge in [-0.25, -0.2) is 0 Å². The van der Waals surface area contributed by atoms with Gasteiger partial charge in [-0.15, -0.1) is 0 Å². The normalized spacial score (nSPS) is 21.9. The fourth-order valence-corrected chi connectivity index (χ4v) is 3.13. The van der Waals surface area contributed by atoms with E-state index in [1.54, 1.807) is 0 Å². The van der Waals surface area contributed by atoms with Crippen molar-refractivity contribution in [3.05, 3.63) is 47.5 Å². The lowest BCUT2D eigenvalue weighted by atomic mass is 9.80. The highest BCUT2D eigenvalue weighted by molar-refractivity contribution is 5.39. The molecule has 1 aliphatic carbocycles. The van der Waals surface area contributed by atoms with Crippen LogP contribution in [0.2, 0.25) is 0 Å². The summed E-state index contributed by atoms with van der Waals surface area (Å²) in [5.74, 6) is 7.31. The molecule has 1 saturated carbocycles. The van der Waals surface area contributed by atoms with Gasteiger partial charge in [0.05, 0.1) is 5.56 Å². The molecule has 0 heterocycles. The zero-order valence-electron chi connectivity index (χ0n) is 13.5. The lowest BCUT2D eigenvalue weighted by Gasteiger charge is -2.26. The van der Waals surface area contributed by atoms with Crippen molar-refractivity contribution in [2.45, 2.75) is 51.6 Å². The number of rotatable bonds is 3. The molecule has 0 aromatic heterocycles. The summed E-state index contributed by atoms with van der Waals surface area (Å²) in [5, 5.41) is 0. The zero-order chi connectivity index (χ0) is 16.7. The summed E-state index contributed by atoms with van der Waals surface area (Å²) in [7, 11) is 0. The third kappa shape index (κ3) is 5.78. The second-order valence-corrected chi connectivity index (χ2v) is 6.27. The van der Waals surface area contributed by atoms with Crippen molar-refractivity contribution in [3.63, 3.8) is 0 Å². The van der Waals surface area contributed by atoms with Gasteiger partial charge in [0.25, 0.3) is 0 Å². The molecule has 1 aromatic rings. The first kappa shape index (κ1) is 17.7. The maximum atomic E-state index is 12.5. The van der Waals surface area contributed by atoms with Gasteiger partial charge in [-0.2, -0.15) is 13.2 Å². The SMILES string of the molecule is CCC[C@H]1CC[C@H](C=CC#Cc2ccc(C(F)(F)F)cc2)CC1. The van der Waals surface area contributed by atoms with Crippen LogP contribution < -0.4 is 0 Å². The Bertz CT molecular complexity index is 562. The molecule has 1 aliphatic rings. The Morgan fingerprint density at radius 3 is 2.30 bits per heavy atom. The summed E-state index contributed by atoms with van der Waals surface area (Å²) in [6.07, 6.45) is 7.37. The molecule has 1 aromatic carbocycles. The average Bonchev–Trinajstić information content (AvgIpc) is 2.53. The van der Waals surface area contributed by atoms with E-state index in [0.29, 0.717) is 11.5 Å². The Morgan fingerprint density at radius 2 is 1.74 bits per heavy atom. The minimum absolute atomic E-state index is 0.602. The molecule has 0 aliphatic heterocycles. The second kappa shape index (κ2) is 8.24. The average molecular weight is 320 g/mol. The van der Waals surface area contributed by atoms with Crippen LogP contribution in [0.15, 0.2) is 36.4 Å². The van der Waals surface area contributed by atoms with Gasteiger partial charge in [0.2, 0.25) is 0 Å². The van der Waals surface area contributed by atoms with E-state index in [9.17, 15) is 13.2 Å². The highest BCUT2D eigenvalue weighted by Crippen LogP contribution is 2.32. The molecular formula is C20H23F3. The number of hydrogen-bond donors (Lipinski definition) is 0. The first-order chi connectivity index (χ1) is 11.0. The molecule has 0 atom stereocenters. The fraction of sp³-hybridized carbons (Fsp3) is 0.500. The summed E-state index contributed by atoms with van der Waals surface area (Å²) >= 11 is 0. The number of allylic oxidation sites excluding steroid dienone is 2. The van der Waals surface area contributed by atoms with E-state index >= 15 is 0 Å². The Labute approximate surface area is 136 Å². The van der Waals surface area contributed by atoms with E-state index < -0.39 is 11.7 Å². The van der Waals surface area contributed by atoms with Crippen molar-refractivity contribution in [3.8, 4) is 11.8 Å². The van der Waals surface area contributed by atoms with Gasteiger partial charge in [0.1, 0.15) is 0 Å². The molecule has 0 amide bonds. The van der Waals surface area contributed by atoms with Crippen LogP contribution in [0.5, 0.6) is 0 Å². The summed E-state index contributed by atoms with van der Waals surface area (Å²) < 4.78 is 37.4. The monoisotopic (exact) mass is 320 g/mol. The number of halogens is 3. The van der Waals surface area contributed by atoms with E-state index in [1.165, 1.54) is 50.7 Å². The highest BCUT2D eigenvalue weighted by atomic mass is 19.4. The first-order valence-corrected chi connectivity index (χ1v) is 8.34. The van der Waals surface area contributed by atoms with Crippen molar-refractivity contribution < 1.29 is 13.2 Å². The fourth-order valence-electron chi connectivity index (χ4n) is 3.13. The lowest BCUT2D eigenvalue weighted by Crippen LogP contribution is -2.12. The van der Waals surface area contributed by atoms with Gasteiger partial charge < -0.3 is 0 Å². The number of alkyl halides is 3. The smallest absolute Gasteiger partial charge is 0.166 e. The molecular weight excluding hydrogens is 297 g/mol. The van der Waals surface area contributed by atoms with Crippen molar-refractivity contribution in [1.29, 1.82) is 0 Å². The van der Waals surface area contributed by atoms with Crippen LogP contribution in [0.25, 0.3) is 0 Å². The summed E-state index contributed by atoms with van der Waals surface area (Å²) in [6.45, 7) is 2.24.